The largest absolute Gasteiger partial charge is 0.497 e. The van der Waals surface area contributed by atoms with Gasteiger partial charge in [-0.1, -0.05) is 12.1 Å². The van der Waals surface area contributed by atoms with Crippen molar-refractivity contribution in [2.24, 2.45) is 0 Å². The third-order valence-electron chi connectivity index (χ3n) is 4.77. The second-order valence-electron chi connectivity index (χ2n) is 8.43. The molecule has 166 valence electrons. The molecule has 2 N–H and O–H groups in total. The molecule has 1 saturated heterocycles. The van der Waals surface area contributed by atoms with Crippen molar-refractivity contribution in [1.82, 2.24) is 15.5 Å². The van der Waals surface area contributed by atoms with Gasteiger partial charge in [0.15, 0.2) is 0 Å². The third-order valence-corrected chi connectivity index (χ3v) is 4.77. The number of rotatable bonds is 7. The van der Waals surface area contributed by atoms with Crippen LogP contribution < -0.4 is 15.4 Å². The second-order valence-corrected chi connectivity index (χ2v) is 8.43. The Morgan fingerprint density at radius 2 is 1.87 bits per heavy atom. The summed E-state index contributed by atoms with van der Waals surface area (Å²) in [5.74, 6) is 0.649. The molecule has 1 aromatic rings. The summed E-state index contributed by atoms with van der Waals surface area (Å²) in [4.78, 5) is 38.0. The predicted octanol–water partition coefficient (Wildman–Crippen LogP) is 2.26. The van der Waals surface area contributed by atoms with E-state index >= 15 is 0 Å². The van der Waals surface area contributed by atoms with Gasteiger partial charge in [-0.3, -0.25) is 9.59 Å². The molecule has 1 fully saturated rings. The number of nitrogens with zero attached hydrogens (tertiary/aromatic N) is 1. The minimum Gasteiger partial charge on any atom is -0.497 e. The van der Waals surface area contributed by atoms with Gasteiger partial charge in [-0.25, -0.2) is 4.79 Å². The maximum atomic E-state index is 12.5. The Balaban J connectivity index is 1.66. The molecule has 8 heteroatoms. The van der Waals surface area contributed by atoms with E-state index in [-0.39, 0.29) is 24.4 Å². The minimum atomic E-state index is -0.617. The lowest BCUT2D eigenvalue weighted by atomic mass is 10.0. The van der Waals surface area contributed by atoms with Gasteiger partial charge in [-0.05, 0) is 57.7 Å². The van der Waals surface area contributed by atoms with Gasteiger partial charge >= 0.3 is 6.09 Å². The van der Waals surface area contributed by atoms with Crippen molar-refractivity contribution in [2.75, 3.05) is 26.7 Å². The summed E-state index contributed by atoms with van der Waals surface area (Å²) >= 11 is 0. The number of ether oxygens (including phenoxy) is 2. The fraction of sp³-hybridized carbons (Fsp3) is 0.591. The maximum absolute atomic E-state index is 12.5. The molecular weight excluding hydrogens is 386 g/mol. The molecule has 3 amide bonds. The van der Waals surface area contributed by atoms with Gasteiger partial charge in [-0.2, -0.15) is 0 Å². The first kappa shape index (κ1) is 23.5. The van der Waals surface area contributed by atoms with E-state index in [9.17, 15) is 14.4 Å². The van der Waals surface area contributed by atoms with Crippen molar-refractivity contribution in [1.29, 1.82) is 0 Å². The van der Waals surface area contributed by atoms with E-state index in [4.69, 9.17) is 9.47 Å². The van der Waals surface area contributed by atoms with Gasteiger partial charge < -0.3 is 25.0 Å². The average Bonchev–Trinajstić information content (AvgIpc) is 2.70. The number of carbonyl (C=O) groups excluding carboxylic acids is 3. The van der Waals surface area contributed by atoms with Crippen molar-refractivity contribution in [3.05, 3.63) is 29.8 Å². The van der Waals surface area contributed by atoms with Crippen LogP contribution in [0.2, 0.25) is 0 Å². The maximum Gasteiger partial charge on any atom is 0.408 e. The molecule has 0 spiro atoms. The van der Waals surface area contributed by atoms with Crippen molar-refractivity contribution in [3.63, 3.8) is 0 Å². The number of amides is 3. The summed E-state index contributed by atoms with van der Waals surface area (Å²) < 4.78 is 10.3. The number of piperidine rings is 1. The van der Waals surface area contributed by atoms with Gasteiger partial charge in [0.05, 0.1) is 7.11 Å². The van der Waals surface area contributed by atoms with E-state index in [0.29, 0.717) is 38.8 Å². The second kappa shape index (κ2) is 10.8. The molecule has 0 radical (unpaired) electrons. The molecule has 2 rings (SSSR count). The number of aryl methyl sites for hydroxylation is 1. The molecule has 1 aromatic carbocycles. The van der Waals surface area contributed by atoms with Crippen LogP contribution in [0.3, 0.4) is 0 Å². The van der Waals surface area contributed by atoms with Crippen LogP contribution in [0.5, 0.6) is 5.75 Å². The van der Waals surface area contributed by atoms with Crippen LogP contribution >= 0.6 is 0 Å². The molecule has 0 aliphatic carbocycles. The predicted molar refractivity (Wildman–Crippen MR) is 113 cm³/mol. The SMILES string of the molecule is COc1cccc(CCC(=O)N2CCC(NC(=O)CNC(=O)OC(C)(C)C)CC2)c1. The van der Waals surface area contributed by atoms with Crippen molar-refractivity contribution < 1.29 is 23.9 Å². The van der Waals surface area contributed by atoms with Gasteiger partial charge in [0.1, 0.15) is 17.9 Å². The molecule has 1 aliphatic heterocycles. The van der Waals surface area contributed by atoms with E-state index in [1.54, 1.807) is 27.9 Å². The fourth-order valence-electron chi connectivity index (χ4n) is 3.26. The van der Waals surface area contributed by atoms with Gasteiger partial charge in [0, 0.05) is 25.6 Å². The molecule has 1 heterocycles. The highest BCUT2D eigenvalue weighted by molar-refractivity contribution is 5.82. The summed E-state index contributed by atoms with van der Waals surface area (Å²) in [5.41, 5.74) is 0.467. The number of nitrogens with one attached hydrogen (secondary N) is 2. The first-order chi connectivity index (χ1) is 14.2. The lowest BCUT2D eigenvalue weighted by Gasteiger charge is -2.32. The molecule has 0 unspecified atom stereocenters. The molecule has 8 nitrogen and oxygen atoms in total. The summed E-state index contributed by atoms with van der Waals surface area (Å²) in [6.45, 7) is 6.38. The highest BCUT2D eigenvalue weighted by atomic mass is 16.6. The average molecular weight is 420 g/mol. The quantitative estimate of drug-likeness (QED) is 0.707. The zero-order valence-corrected chi connectivity index (χ0v) is 18.3. The first-order valence-electron chi connectivity index (χ1n) is 10.3. The van der Waals surface area contributed by atoms with Crippen LogP contribution in [0.1, 0.15) is 45.6 Å². The Morgan fingerprint density at radius 1 is 1.17 bits per heavy atom. The van der Waals surface area contributed by atoms with Crippen LogP contribution in [0.4, 0.5) is 4.79 Å². The van der Waals surface area contributed by atoms with Crippen LogP contribution in [0.15, 0.2) is 24.3 Å². The van der Waals surface area contributed by atoms with E-state index < -0.39 is 11.7 Å². The molecule has 30 heavy (non-hydrogen) atoms. The van der Waals surface area contributed by atoms with E-state index in [2.05, 4.69) is 10.6 Å². The van der Waals surface area contributed by atoms with Crippen LogP contribution in [-0.2, 0) is 20.7 Å². The van der Waals surface area contributed by atoms with E-state index in [0.717, 1.165) is 11.3 Å². The Labute approximate surface area is 178 Å². The van der Waals surface area contributed by atoms with Crippen LogP contribution in [0.25, 0.3) is 0 Å². The highest BCUT2D eigenvalue weighted by Crippen LogP contribution is 2.16. The topological polar surface area (TPSA) is 97.0 Å². The summed E-state index contributed by atoms with van der Waals surface area (Å²) in [7, 11) is 1.63. The third kappa shape index (κ3) is 8.31. The summed E-state index contributed by atoms with van der Waals surface area (Å²) in [6, 6.07) is 7.74. The van der Waals surface area contributed by atoms with Gasteiger partial charge in [-0.15, -0.1) is 0 Å². The Bertz CT molecular complexity index is 737. The number of hydrogen-bond acceptors (Lipinski definition) is 5. The number of alkyl carbamates (subject to hydrolysis) is 1. The number of hydrogen-bond donors (Lipinski definition) is 2. The first-order valence-corrected chi connectivity index (χ1v) is 10.3. The lowest BCUT2D eigenvalue weighted by molar-refractivity contribution is -0.132. The standard InChI is InChI=1S/C22H33N3O5/c1-22(2,3)30-21(28)23-15-19(26)24-17-10-12-25(13-11-17)20(27)9-8-16-6-5-7-18(14-16)29-4/h5-7,14,17H,8-13,15H2,1-4H3,(H,23,28)(H,24,26). The highest BCUT2D eigenvalue weighted by Gasteiger charge is 2.24. The molecule has 1 aliphatic rings. The Morgan fingerprint density at radius 3 is 2.50 bits per heavy atom. The zero-order valence-electron chi connectivity index (χ0n) is 18.3. The molecular formula is C22H33N3O5. The van der Waals surface area contributed by atoms with Crippen molar-refractivity contribution in [2.45, 2.75) is 58.1 Å². The number of benzene rings is 1. The lowest BCUT2D eigenvalue weighted by Crippen LogP contribution is -2.49. The van der Waals surface area contributed by atoms with E-state index in [1.807, 2.05) is 29.2 Å². The van der Waals surface area contributed by atoms with Crippen LogP contribution in [-0.4, -0.2) is 61.2 Å². The van der Waals surface area contributed by atoms with E-state index in [1.165, 1.54) is 0 Å². The monoisotopic (exact) mass is 419 g/mol. The van der Waals surface area contributed by atoms with Crippen LogP contribution in [0, 0.1) is 0 Å². The molecule has 0 saturated carbocycles. The minimum absolute atomic E-state index is 0.000344. The summed E-state index contributed by atoms with van der Waals surface area (Å²) in [5, 5.41) is 5.36. The van der Waals surface area contributed by atoms with Crippen molar-refractivity contribution in [3.8, 4) is 5.75 Å². The molecule has 0 atom stereocenters. The Kier molecular flexibility index (Phi) is 8.50. The molecule has 0 aromatic heterocycles. The normalized spacial score (nSPS) is 14.7. The number of likely N-dealkylation sites (tertiary alicyclic amines) is 1. The number of methoxy groups -OCH3 is 1. The fourth-order valence-corrected chi connectivity index (χ4v) is 3.26. The Hall–Kier alpha value is -2.77. The smallest absolute Gasteiger partial charge is 0.408 e. The zero-order chi connectivity index (χ0) is 22.1. The van der Waals surface area contributed by atoms with Crippen molar-refractivity contribution >= 4 is 17.9 Å². The summed E-state index contributed by atoms with van der Waals surface area (Å²) in [6.07, 6.45) is 1.90. The van der Waals surface area contributed by atoms with Gasteiger partial charge in [0.25, 0.3) is 0 Å². The van der Waals surface area contributed by atoms with Gasteiger partial charge in [0.2, 0.25) is 11.8 Å². The molecule has 0 bridgehead atoms. The number of carbonyl (C=O) groups is 3.